The number of ether oxygens (including phenoxy) is 1. The predicted octanol–water partition coefficient (Wildman–Crippen LogP) is 2.94. The van der Waals surface area contributed by atoms with Gasteiger partial charge in [0.25, 0.3) is 0 Å². The fourth-order valence-corrected chi connectivity index (χ4v) is 1.69. The van der Waals surface area contributed by atoms with Gasteiger partial charge in [0, 0.05) is 0 Å². The van der Waals surface area contributed by atoms with Crippen molar-refractivity contribution in [3.05, 3.63) is 35.1 Å². The van der Waals surface area contributed by atoms with Crippen molar-refractivity contribution in [1.29, 1.82) is 0 Å². The average molecular weight is 221 g/mol. The van der Waals surface area contributed by atoms with E-state index >= 15 is 0 Å². The molecule has 0 aromatic heterocycles. The van der Waals surface area contributed by atoms with E-state index in [2.05, 4.69) is 18.8 Å². The number of rotatable bonds is 2. The normalized spacial score (nSPS) is 19.8. The van der Waals surface area contributed by atoms with E-state index in [0.29, 0.717) is 29.5 Å². The second-order valence-corrected chi connectivity index (χ2v) is 4.49. The highest BCUT2D eigenvalue weighted by molar-refractivity contribution is 5.95. The van der Waals surface area contributed by atoms with Crippen LogP contribution in [0.1, 0.15) is 25.0 Å². The van der Waals surface area contributed by atoms with E-state index in [1.807, 2.05) is 6.07 Å². The molecule has 0 aliphatic carbocycles. The quantitative estimate of drug-likeness (QED) is 0.752. The Morgan fingerprint density at radius 3 is 2.81 bits per heavy atom. The van der Waals surface area contributed by atoms with Gasteiger partial charge in [-0.1, -0.05) is 26.0 Å². The minimum atomic E-state index is -0.231. The fourth-order valence-electron chi connectivity index (χ4n) is 1.69. The largest absolute Gasteiger partial charge is 0.475 e. The Kier molecular flexibility index (Phi) is 2.95. The van der Waals surface area contributed by atoms with Crippen LogP contribution in [-0.2, 0) is 4.74 Å². The van der Waals surface area contributed by atoms with E-state index in [1.165, 1.54) is 0 Å². The molecule has 0 fully saturated rings. The summed E-state index contributed by atoms with van der Waals surface area (Å²) in [7, 11) is 0. The summed E-state index contributed by atoms with van der Waals surface area (Å²) in [4.78, 5) is 4.41. The number of nitrogens with zero attached hydrogens (tertiary/aromatic N) is 1. The minimum Gasteiger partial charge on any atom is -0.475 e. The maximum atomic E-state index is 13.8. The molecule has 0 radical (unpaired) electrons. The van der Waals surface area contributed by atoms with Crippen LogP contribution in [0.15, 0.2) is 23.2 Å². The monoisotopic (exact) mass is 221 g/mol. The predicted molar refractivity (Wildman–Crippen MR) is 62.3 cm³/mol. The number of hydrogen-bond donors (Lipinski definition) is 0. The van der Waals surface area contributed by atoms with Gasteiger partial charge in [-0.15, -0.1) is 0 Å². The summed E-state index contributed by atoms with van der Waals surface area (Å²) in [5.41, 5.74) is 1.10. The van der Waals surface area contributed by atoms with Crippen molar-refractivity contribution in [3.8, 4) is 0 Å². The van der Waals surface area contributed by atoms with Crippen molar-refractivity contribution in [2.45, 2.75) is 26.8 Å². The SMILES string of the molecule is Cc1cccc(C2=N[C@@H](C(C)C)CO2)c1F. The van der Waals surface area contributed by atoms with E-state index in [-0.39, 0.29) is 11.9 Å². The summed E-state index contributed by atoms with van der Waals surface area (Å²) in [6.07, 6.45) is 0. The third kappa shape index (κ3) is 1.94. The van der Waals surface area contributed by atoms with Crippen LogP contribution < -0.4 is 0 Å². The van der Waals surface area contributed by atoms with Crippen LogP contribution in [0.2, 0.25) is 0 Å². The second-order valence-electron chi connectivity index (χ2n) is 4.49. The summed E-state index contributed by atoms with van der Waals surface area (Å²) in [5, 5.41) is 0. The lowest BCUT2D eigenvalue weighted by Gasteiger charge is -2.06. The van der Waals surface area contributed by atoms with Crippen molar-refractivity contribution in [2.75, 3.05) is 6.61 Å². The van der Waals surface area contributed by atoms with Crippen molar-refractivity contribution in [1.82, 2.24) is 0 Å². The molecule has 1 aliphatic rings. The molecule has 2 nitrogen and oxygen atoms in total. The highest BCUT2D eigenvalue weighted by Gasteiger charge is 2.24. The highest BCUT2D eigenvalue weighted by atomic mass is 19.1. The number of aliphatic imine (C=N–C) groups is 1. The molecule has 16 heavy (non-hydrogen) atoms. The smallest absolute Gasteiger partial charge is 0.219 e. The van der Waals surface area contributed by atoms with Gasteiger partial charge in [-0.3, -0.25) is 0 Å². The topological polar surface area (TPSA) is 21.6 Å². The summed E-state index contributed by atoms with van der Waals surface area (Å²) < 4.78 is 19.3. The molecule has 3 heteroatoms. The number of hydrogen-bond acceptors (Lipinski definition) is 2. The molecular weight excluding hydrogens is 205 g/mol. The van der Waals surface area contributed by atoms with E-state index in [0.717, 1.165) is 0 Å². The molecule has 0 saturated heterocycles. The van der Waals surface area contributed by atoms with Crippen LogP contribution in [0.4, 0.5) is 4.39 Å². The van der Waals surface area contributed by atoms with Gasteiger partial charge in [0.05, 0.1) is 11.6 Å². The van der Waals surface area contributed by atoms with E-state index < -0.39 is 0 Å². The van der Waals surface area contributed by atoms with Crippen molar-refractivity contribution in [2.24, 2.45) is 10.9 Å². The second kappa shape index (κ2) is 4.24. The zero-order chi connectivity index (χ0) is 11.7. The first-order chi connectivity index (χ1) is 7.59. The van der Waals surface area contributed by atoms with Gasteiger partial charge >= 0.3 is 0 Å². The Morgan fingerprint density at radius 2 is 2.19 bits per heavy atom. The molecule has 0 saturated carbocycles. The molecule has 1 aromatic carbocycles. The van der Waals surface area contributed by atoms with Gasteiger partial charge in [-0.2, -0.15) is 0 Å². The fraction of sp³-hybridized carbons (Fsp3) is 0.462. The van der Waals surface area contributed by atoms with Crippen LogP contribution in [0.5, 0.6) is 0 Å². The van der Waals surface area contributed by atoms with Crippen LogP contribution in [0, 0.1) is 18.7 Å². The first kappa shape index (κ1) is 11.1. The zero-order valence-corrected chi connectivity index (χ0v) is 9.83. The van der Waals surface area contributed by atoms with E-state index in [1.54, 1.807) is 19.1 Å². The Bertz CT molecular complexity index is 426. The van der Waals surface area contributed by atoms with Gasteiger partial charge in [0.1, 0.15) is 12.4 Å². The first-order valence-corrected chi connectivity index (χ1v) is 5.55. The lowest BCUT2D eigenvalue weighted by molar-refractivity contribution is 0.291. The third-order valence-corrected chi connectivity index (χ3v) is 2.87. The van der Waals surface area contributed by atoms with Crippen molar-refractivity contribution < 1.29 is 9.13 Å². The van der Waals surface area contributed by atoms with Crippen LogP contribution in [-0.4, -0.2) is 18.5 Å². The molecule has 0 amide bonds. The van der Waals surface area contributed by atoms with Crippen LogP contribution in [0.3, 0.4) is 0 Å². The molecule has 1 atom stereocenters. The molecule has 1 heterocycles. The summed E-state index contributed by atoms with van der Waals surface area (Å²) >= 11 is 0. The van der Waals surface area contributed by atoms with Gasteiger partial charge in [0.2, 0.25) is 5.90 Å². The Hall–Kier alpha value is -1.38. The molecular formula is C13H16FNO. The first-order valence-electron chi connectivity index (χ1n) is 5.55. The Balaban J connectivity index is 2.32. The Labute approximate surface area is 95.2 Å². The molecule has 1 aromatic rings. The Morgan fingerprint density at radius 1 is 1.44 bits per heavy atom. The third-order valence-electron chi connectivity index (χ3n) is 2.87. The van der Waals surface area contributed by atoms with E-state index in [9.17, 15) is 4.39 Å². The molecule has 1 aliphatic heterocycles. The minimum absolute atomic E-state index is 0.148. The van der Waals surface area contributed by atoms with Gasteiger partial charge < -0.3 is 4.74 Å². The maximum absolute atomic E-state index is 13.8. The molecule has 0 spiro atoms. The summed E-state index contributed by atoms with van der Waals surface area (Å²) in [5.74, 6) is 0.635. The molecule has 0 bridgehead atoms. The van der Waals surface area contributed by atoms with Gasteiger partial charge in [0.15, 0.2) is 0 Å². The van der Waals surface area contributed by atoms with Gasteiger partial charge in [-0.25, -0.2) is 9.38 Å². The number of halogens is 1. The summed E-state index contributed by atoms with van der Waals surface area (Å²) in [6, 6.07) is 5.43. The number of benzene rings is 1. The van der Waals surface area contributed by atoms with Crippen molar-refractivity contribution >= 4 is 5.90 Å². The van der Waals surface area contributed by atoms with Crippen LogP contribution in [0.25, 0.3) is 0 Å². The average Bonchev–Trinajstić information content (AvgIpc) is 2.71. The van der Waals surface area contributed by atoms with E-state index in [4.69, 9.17) is 4.74 Å². The summed E-state index contributed by atoms with van der Waals surface area (Å²) in [6.45, 7) is 6.48. The number of aryl methyl sites for hydroxylation is 1. The highest BCUT2D eigenvalue weighted by Crippen LogP contribution is 2.20. The molecule has 86 valence electrons. The lowest BCUT2D eigenvalue weighted by Crippen LogP contribution is -2.13. The standard InChI is InChI=1S/C13H16FNO/c1-8(2)11-7-16-13(15-11)10-6-4-5-9(3)12(10)14/h4-6,8,11H,7H2,1-3H3/t11-/m1/s1. The molecule has 0 unspecified atom stereocenters. The van der Waals surface area contributed by atoms with Gasteiger partial charge in [-0.05, 0) is 24.5 Å². The molecule has 0 N–H and O–H groups in total. The molecule has 2 rings (SSSR count). The lowest BCUT2D eigenvalue weighted by atomic mass is 10.1. The zero-order valence-electron chi connectivity index (χ0n) is 9.83. The maximum Gasteiger partial charge on any atom is 0.219 e. The van der Waals surface area contributed by atoms with Crippen LogP contribution >= 0.6 is 0 Å². The van der Waals surface area contributed by atoms with Crippen molar-refractivity contribution in [3.63, 3.8) is 0 Å².